The lowest BCUT2D eigenvalue weighted by molar-refractivity contribution is -0.0230. The number of fused-ring (bicyclic) bond motifs is 2. The SMILES string of the molecule is CC(F)(F)COc1nc2c(s1)CCN(CCC1CCC(CC(=O)c3ccn4ncccc34)CC1)C2. The van der Waals surface area contributed by atoms with E-state index in [1.54, 1.807) is 10.7 Å². The first-order valence-electron chi connectivity index (χ1n) is 12.5. The summed E-state index contributed by atoms with van der Waals surface area (Å²) in [7, 11) is 0. The van der Waals surface area contributed by atoms with Gasteiger partial charge in [0.2, 0.25) is 0 Å². The number of halogens is 2. The molecule has 0 spiro atoms. The van der Waals surface area contributed by atoms with Crippen LogP contribution in [0.5, 0.6) is 5.19 Å². The Balaban J connectivity index is 1.05. The fraction of sp³-hybridized carbons (Fsp3) is 0.577. The highest BCUT2D eigenvalue weighted by molar-refractivity contribution is 7.13. The number of carbonyl (C=O) groups is 1. The Kier molecular flexibility index (Phi) is 7.16. The van der Waals surface area contributed by atoms with Gasteiger partial charge in [-0.05, 0) is 62.3 Å². The predicted octanol–water partition coefficient (Wildman–Crippen LogP) is 5.65. The lowest BCUT2D eigenvalue weighted by Crippen LogP contribution is -2.32. The lowest BCUT2D eigenvalue weighted by atomic mass is 9.78. The second kappa shape index (κ2) is 10.3. The summed E-state index contributed by atoms with van der Waals surface area (Å²) in [6.07, 6.45) is 10.8. The van der Waals surface area contributed by atoms with E-state index in [0.717, 1.165) is 73.9 Å². The normalized spacial score (nSPS) is 21.2. The van der Waals surface area contributed by atoms with Crippen LogP contribution in [0, 0.1) is 11.8 Å². The van der Waals surface area contributed by atoms with Gasteiger partial charge in [-0.25, -0.2) is 18.3 Å². The van der Waals surface area contributed by atoms with Crippen LogP contribution in [0.3, 0.4) is 0 Å². The van der Waals surface area contributed by atoms with Crippen molar-refractivity contribution in [3.05, 3.63) is 46.7 Å². The summed E-state index contributed by atoms with van der Waals surface area (Å²) in [5.74, 6) is -1.46. The van der Waals surface area contributed by atoms with Crippen molar-refractivity contribution in [2.24, 2.45) is 11.8 Å². The second-order valence-corrected chi connectivity index (χ2v) is 11.2. The molecule has 0 N–H and O–H groups in total. The number of carbonyl (C=O) groups excluding carboxylic acids is 1. The highest BCUT2D eigenvalue weighted by atomic mass is 32.1. The van der Waals surface area contributed by atoms with Gasteiger partial charge in [0.25, 0.3) is 11.1 Å². The van der Waals surface area contributed by atoms with Crippen LogP contribution >= 0.6 is 11.3 Å². The molecule has 0 aromatic carbocycles. The fourth-order valence-corrected chi connectivity index (χ4v) is 6.22. The molecule has 4 heterocycles. The van der Waals surface area contributed by atoms with Crippen molar-refractivity contribution >= 4 is 22.6 Å². The Morgan fingerprint density at radius 1 is 1.23 bits per heavy atom. The van der Waals surface area contributed by atoms with E-state index in [0.29, 0.717) is 23.5 Å². The number of rotatable bonds is 9. The first-order chi connectivity index (χ1) is 16.8. The molecule has 0 radical (unpaired) electrons. The molecule has 6 nitrogen and oxygen atoms in total. The van der Waals surface area contributed by atoms with Crippen molar-refractivity contribution in [1.82, 2.24) is 19.5 Å². The minimum Gasteiger partial charge on any atom is -0.464 e. The van der Waals surface area contributed by atoms with Crippen molar-refractivity contribution in [2.75, 3.05) is 19.7 Å². The first kappa shape index (κ1) is 24.3. The van der Waals surface area contributed by atoms with Crippen LogP contribution < -0.4 is 4.74 Å². The maximum atomic E-state index is 13.1. The summed E-state index contributed by atoms with van der Waals surface area (Å²) in [5.41, 5.74) is 2.65. The second-order valence-electron chi connectivity index (χ2n) is 10.1. The first-order valence-corrected chi connectivity index (χ1v) is 13.3. The molecule has 188 valence electrons. The van der Waals surface area contributed by atoms with Crippen LogP contribution in [0.25, 0.3) is 5.52 Å². The highest BCUT2D eigenvalue weighted by Gasteiger charge is 2.27. The zero-order chi connectivity index (χ0) is 24.4. The quantitative estimate of drug-likeness (QED) is 0.354. The Morgan fingerprint density at radius 3 is 2.83 bits per heavy atom. The zero-order valence-corrected chi connectivity index (χ0v) is 20.9. The number of alkyl halides is 2. The molecule has 1 fully saturated rings. The largest absolute Gasteiger partial charge is 0.464 e. The molecule has 9 heteroatoms. The summed E-state index contributed by atoms with van der Waals surface area (Å²) in [4.78, 5) is 20.9. The maximum absolute atomic E-state index is 13.1. The third-order valence-corrected chi connectivity index (χ3v) is 8.34. The number of hydrogen-bond donors (Lipinski definition) is 0. The summed E-state index contributed by atoms with van der Waals surface area (Å²) < 4.78 is 33.1. The molecule has 1 aliphatic heterocycles. The molecule has 0 bridgehead atoms. The van der Waals surface area contributed by atoms with E-state index in [2.05, 4.69) is 15.0 Å². The number of thiazole rings is 1. The molecule has 2 aliphatic rings. The van der Waals surface area contributed by atoms with E-state index < -0.39 is 12.5 Å². The van der Waals surface area contributed by atoms with Gasteiger partial charge in [-0.2, -0.15) is 5.10 Å². The lowest BCUT2D eigenvalue weighted by Gasteiger charge is -2.31. The minimum absolute atomic E-state index is 0.224. The number of Topliss-reactive ketones (excluding diaryl/α,β-unsaturated/α-hetero) is 1. The number of nitrogens with zero attached hydrogens (tertiary/aromatic N) is 4. The van der Waals surface area contributed by atoms with Crippen LogP contribution in [-0.2, 0) is 13.0 Å². The van der Waals surface area contributed by atoms with Crippen LogP contribution in [0.2, 0.25) is 0 Å². The number of aromatic nitrogens is 3. The Bertz CT molecular complexity index is 1160. The van der Waals surface area contributed by atoms with Crippen LogP contribution in [0.1, 0.15) is 66.4 Å². The Labute approximate surface area is 208 Å². The van der Waals surface area contributed by atoms with E-state index in [-0.39, 0.29) is 5.78 Å². The van der Waals surface area contributed by atoms with Gasteiger partial charge in [-0.1, -0.05) is 24.2 Å². The molecule has 5 rings (SSSR count). The van der Waals surface area contributed by atoms with Gasteiger partial charge in [0.15, 0.2) is 12.4 Å². The summed E-state index contributed by atoms with van der Waals surface area (Å²) in [5, 5.41) is 4.61. The average molecular weight is 503 g/mol. The van der Waals surface area contributed by atoms with Crippen molar-refractivity contribution in [2.45, 2.75) is 64.3 Å². The van der Waals surface area contributed by atoms with Gasteiger partial charge >= 0.3 is 0 Å². The summed E-state index contributed by atoms with van der Waals surface area (Å²) in [6.45, 7) is 3.00. The number of ketones is 1. The molecule has 35 heavy (non-hydrogen) atoms. The molecule has 0 unspecified atom stereocenters. The van der Waals surface area contributed by atoms with E-state index in [9.17, 15) is 13.6 Å². The van der Waals surface area contributed by atoms with Crippen molar-refractivity contribution in [3.63, 3.8) is 0 Å². The van der Waals surface area contributed by atoms with Crippen molar-refractivity contribution in [1.29, 1.82) is 0 Å². The standard InChI is InChI=1S/C26H32F2N4O2S/c1-26(27,28)17-34-25-30-21-16-31(13-10-24(21)35-25)12-8-18-4-6-19(7-5-18)15-23(33)20-9-14-32-22(20)3-2-11-29-32/h2-3,9,11,14,18-19H,4-8,10,12-13,15-17H2,1H3. The molecule has 1 saturated carbocycles. The Hall–Kier alpha value is -2.39. The van der Waals surface area contributed by atoms with Crippen LogP contribution in [-0.4, -0.2) is 50.9 Å². The molecule has 3 aromatic rings. The summed E-state index contributed by atoms with van der Waals surface area (Å²) >= 11 is 1.40. The zero-order valence-electron chi connectivity index (χ0n) is 20.1. The monoisotopic (exact) mass is 502 g/mol. The molecule has 0 saturated heterocycles. The molecule has 0 amide bonds. The van der Waals surface area contributed by atoms with E-state index >= 15 is 0 Å². The maximum Gasteiger partial charge on any atom is 0.278 e. The number of ether oxygens (including phenoxy) is 1. The Morgan fingerprint density at radius 2 is 2.03 bits per heavy atom. The van der Waals surface area contributed by atoms with Gasteiger partial charge in [0, 0.05) is 49.3 Å². The van der Waals surface area contributed by atoms with Crippen molar-refractivity contribution < 1.29 is 18.3 Å². The molecule has 0 atom stereocenters. The third kappa shape index (κ3) is 6.06. The van der Waals surface area contributed by atoms with Crippen LogP contribution in [0.4, 0.5) is 8.78 Å². The minimum atomic E-state index is -2.85. The van der Waals surface area contributed by atoms with Gasteiger partial charge < -0.3 is 4.74 Å². The van der Waals surface area contributed by atoms with Gasteiger partial charge in [-0.3, -0.25) is 9.69 Å². The van der Waals surface area contributed by atoms with Gasteiger partial charge in [0.1, 0.15) is 0 Å². The fourth-order valence-electron chi connectivity index (χ4n) is 5.31. The van der Waals surface area contributed by atoms with Crippen LogP contribution in [0.15, 0.2) is 30.6 Å². The highest BCUT2D eigenvalue weighted by Crippen LogP contribution is 2.35. The molecular formula is C26H32F2N4O2S. The third-order valence-electron chi connectivity index (χ3n) is 7.27. The van der Waals surface area contributed by atoms with E-state index in [1.807, 2.05) is 24.4 Å². The smallest absolute Gasteiger partial charge is 0.278 e. The molecule has 1 aliphatic carbocycles. The topological polar surface area (TPSA) is 59.7 Å². The van der Waals surface area contributed by atoms with E-state index in [1.165, 1.54) is 24.2 Å². The van der Waals surface area contributed by atoms with Crippen molar-refractivity contribution in [3.8, 4) is 5.19 Å². The average Bonchev–Trinajstić information content (AvgIpc) is 3.45. The van der Waals surface area contributed by atoms with Gasteiger partial charge in [0.05, 0.1) is 11.2 Å². The van der Waals surface area contributed by atoms with Gasteiger partial charge in [-0.15, -0.1) is 0 Å². The predicted molar refractivity (Wildman–Crippen MR) is 131 cm³/mol. The summed E-state index contributed by atoms with van der Waals surface area (Å²) in [6, 6.07) is 5.70. The molecule has 3 aromatic heterocycles. The number of hydrogen-bond acceptors (Lipinski definition) is 6. The molecular weight excluding hydrogens is 470 g/mol. The van der Waals surface area contributed by atoms with E-state index in [4.69, 9.17) is 4.74 Å².